The van der Waals surface area contributed by atoms with Gasteiger partial charge in [-0.05, 0) is 18.4 Å². The van der Waals surface area contributed by atoms with Crippen LogP contribution in [-0.2, 0) is 14.3 Å². The molecule has 1 unspecified atom stereocenters. The van der Waals surface area contributed by atoms with Gasteiger partial charge in [-0.25, -0.2) is 0 Å². The third-order valence-corrected chi connectivity index (χ3v) is 4.42. The summed E-state index contributed by atoms with van der Waals surface area (Å²) in [6.07, 6.45) is 2.34. The van der Waals surface area contributed by atoms with Crippen LogP contribution in [0.2, 0.25) is 0 Å². The van der Waals surface area contributed by atoms with E-state index >= 15 is 0 Å². The summed E-state index contributed by atoms with van der Waals surface area (Å²) >= 11 is 0. The van der Waals surface area contributed by atoms with Crippen molar-refractivity contribution in [3.8, 4) is 0 Å². The van der Waals surface area contributed by atoms with Crippen molar-refractivity contribution in [2.45, 2.75) is 37.3 Å². The quantitative estimate of drug-likeness (QED) is 0.895. The number of benzene rings is 1. The van der Waals surface area contributed by atoms with E-state index in [1.807, 2.05) is 30.3 Å². The molecule has 1 atom stereocenters. The van der Waals surface area contributed by atoms with E-state index in [0.717, 1.165) is 18.4 Å². The standard InChI is InChI=1S/C16H22N2O3/c1-18(16(15(17)20)10-6-7-11-16)14(19)13(21-2)12-8-4-3-5-9-12/h3-5,8-9,13H,6-7,10-11H2,1-2H3,(H2,17,20). The SMILES string of the molecule is COC(C(=O)N(C)C1(C(N)=O)CCCC1)c1ccccc1. The highest BCUT2D eigenvalue weighted by atomic mass is 16.5. The van der Waals surface area contributed by atoms with Crippen molar-refractivity contribution >= 4 is 11.8 Å². The molecule has 1 aliphatic rings. The first kappa shape index (κ1) is 15.5. The fourth-order valence-electron chi connectivity index (χ4n) is 3.10. The van der Waals surface area contributed by atoms with Gasteiger partial charge in [0.25, 0.3) is 5.91 Å². The van der Waals surface area contributed by atoms with E-state index in [4.69, 9.17) is 10.5 Å². The fourth-order valence-corrected chi connectivity index (χ4v) is 3.10. The van der Waals surface area contributed by atoms with Crippen LogP contribution < -0.4 is 5.73 Å². The van der Waals surface area contributed by atoms with E-state index in [0.29, 0.717) is 12.8 Å². The van der Waals surface area contributed by atoms with Crippen LogP contribution in [0.5, 0.6) is 0 Å². The average Bonchev–Trinajstić information content (AvgIpc) is 2.99. The first-order chi connectivity index (χ1) is 10.0. The molecule has 114 valence electrons. The lowest BCUT2D eigenvalue weighted by atomic mass is 9.93. The zero-order valence-corrected chi connectivity index (χ0v) is 12.5. The molecule has 5 heteroatoms. The Morgan fingerprint density at radius 1 is 1.24 bits per heavy atom. The van der Waals surface area contributed by atoms with Gasteiger partial charge < -0.3 is 15.4 Å². The second-order valence-corrected chi connectivity index (χ2v) is 5.53. The number of nitrogens with two attached hydrogens (primary N) is 1. The van der Waals surface area contributed by atoms with Gasteiger partial charge in [-0.1, -0.05) is 43.2 Å². The molecular weight excluding hydrogens is 268 g/mol. The van der Waals surface area contributed by atoms with Gasteiger partial charge in [-0.2, -0.15) is 0 Å². The predicted molar refractivity (Wildman–Crippen MR) is 79.4 cm³/mol. The molecule has 5 nitrogen and oxygen atoms in total. The summed E-state index contributed by atoms with van der Waals surface area (Å²) in [5, 5.41) is 0. The second-order valence-electron chi connectivity index (χ2n) is 5.53. The lowest BCUT2D eigenvalue weighted by Gasteiger charge is -2.37. The van der Waals surface area contributed by atoms with Gasteiger partial charge in [0, 0.05) is 14.2 Å². The summed E-state index contributed by atoms with van der Waals surface area (Å²) in [6, 6.07) is 9.27. The largest absolute Gasteiger partial charge is 0.368 e. The van der Waals surface area contributed by atoms with Gasteiger partial charge in [-0.15, -0.1) is 0 Å². The number of carbonyl (C=O) groups is 2. The number of primary amides is 1. The van der Waals surface area contributed by atoms with Gasteiger partial charge in [0.05, 0.1) is 0 Å². The van der Waals surface area contributed by atoms with Crippen molar-refractivity contribution in [1.29, 1.82) is 0 Å². The lowest BCUT2D eigenvalue weighted by Crippen LogP contribution is -2.57. The summed E-state index contributed by atoms with van der Waals surface area (Å²) < 4.78 is 5.36. The smallest absolute Gasteiger partial charge is 0.256 e. The molecule has 0 aliphatic heterocycles. The maximum atomic E-state index is 12.8. The highest BCUT2D eigenvalue weighted by Gasteiger charge is 2.46. The van der Waals surface area contributed by atoms with Crippen LogP contribution in [-0.4, -0.2) is 36.4 Å². The number of nitrogens with zero attached hydrogens (tertiary/aromatic N) is 1. The van der Waals surface area contributed by atoms with Crippen molar-refractivity contribution in [1.82, 2.24) is 4.90 Å². The number of likely N-dealkylation sites (N-methyl/N-ethyl adjacent to an activating group) is 1. The minimum atomic E-state index is -0.872. The second kappa shape index (κ2) is 6.26. The molecule has 1 aromatic rings. The number of rotatable bonds is 5. The van der Waals surface area contributed by atoms with Crippen LogP contribution in [0.3, 0.4) is 0 Å². The van der Waals surface area contributed by atoms with Gasteiger partial charge in [0.2, 0.25) is 5.91 Å². The first-order valence-electron chi connectivity index (χ1n) is 7.18. The van der Waals surface area contributed by atoms with Gasteiger partial charge in [0.1, 0.15) is 5.54 Å². The van der Waals surface area contributed by atoms with Crippen LogP contribution >= 0.6 is 0 Å². The van der Waals surface area contributed by atoms with E-state index in [9.17, 15) is 9.59 Å². The number of carbonyl (C=O) groups excluding carboxylic acids is 2. The summed E-state index contributed by atoms with van der Waals surface area (Å²) in [5.41, 5.74) is 5.48. The molecule has 21 heavy (non-hydrogen) atoms. The zero-order valence-electron chi connectivity index (χ0n) is 12.5. The van der Waals surface area contributed by atoms with Crippen LogP contribution in [0.1, 0.15) is 37.4 Å². The monoisotopic (exact) mass is 290 g/mol. The Morgan fingerprint density at radius 3 is 2.29 bits per heavy atom. The van der Waals surface area contributed by atoms with Crippen molar-refractivity contribution < 1.29 is 14.3 Å². The Balaban J connectivity index is 2.27. The zero-order chi connectivity index (χ0) is 15.5. The molecular formula is C16H22N2O3. The Bertz CT molecular complexity index is 510. The van der Waals surface area contributed by atoms with Gasteiger partial charge >= 0.3 is 0 Å². The molecule has 0 saturated heterocycles. The number of ether oxygens (including phenoxy) is 1. The Labute approximate surface area is 125 Å². The minimum absolute atomic E-state index is 0.232. The maximum absolute atomic E-state index is 12.8. The summed E-state index contributed by atoms with van der Waals surface area (Å²) in [6.45, 7) is 0. The van der Waals surface area contributed by atoms with Crippen LogP contribution in [0.4, 0.5) is 0 Å². The average molecular weight is 290 g/mol. The number of methoxy groups -OCH3 is 1. The van der Waals surface area contributed by atoms with Crippen molar-refractivity contribution in [2.75, 3.05) is 14.2 Å². The highest BCUT2D eigenvalue weighted by Crippen LogP contribution is 2.36. The van der Waals surface area contributed by atoms with E-state index in [1.165, 1.54) is 12.0 Å². The molecule has 0 spiro atoms. The first-order valence-corrected chi connectivity index (χ1v) is 7.18. The molecule has 0 heterocycles. The topological polar surface area (TPSA) is 72.6 Å². The number of hydrogen-bond donors (Lipinski definition) is 1. The molecule has 0 bridgehead atoms. The Hall–Kier alpha value is -1.88. The molecule has 1 aromatic carbocycles. The van der Waals surface area contributed by atoms with E-state index in [2.05, 4.69) is 0 Å². The fraction of sp³-hybridized carbons (Fsp3) is 0.500. The molecule has 2 N–H and O–H groups in total. The normalized spacial score (nSPS) is 18.2. The van der Waals surface area contributed by atoms with Crippen LogP contribution in [0, 0.1) is 0 Å². The minimum Gasteiger partial charge on any atom is -0.368 e. The van der Waals surface area contributed by atoms with E-state index in [-0.39, 0.29) is 5.91 Å². The molecule has 0 radical (unpaired) electrons. The van der Waals surface area contributed by atoms with Crippen LogP contribution in [0.25, 0.3) is 0 Å². The summed E-state index contributed by atoms with van der Waals surface area (Å²) in [7, 11) is 3.14. The number of hydrogen-bond acceptors (Lipinski definition) is 3. The molecule has 2 amide bonds. The maximum Gasteiger partial charge on any atom is 0.256 e. The Morgan fingerprint density at radius 2 is 1.81 bits per heavy atom. The predicted octanol–water partition coefficient (Wildman–Crippen LogP) is 1.63. The highest BCUT2D eigenvalue weighted by molar-refractivity contribution is 5.92. The van der Waals surface area contributed by atoms with Crippen molar-refractivity contribution in [3.63, 3.8) is 0 Å². The van der Waals surface area contributed by atoms with Crippen molar-refractivity contribution in [3.05, 3.63) is 35.9 Å². The molecule has 2 rings (SSSR count). The van der Waals surface area contributed by atoms with E-state index in [1.54, 1.807) is 7.05 Å². The number of amides is 2. The summed E-state index contributed by atoms with van der Waals surface area (Å²) in [5.74, 6) is -0.664. The molecule has 1 aliphatic carbocycles. The Kier molecular flexibility index (Phi) is 4.63. The third kappa shape index (κ3) is 2.78. The van der Waals surface area contributed by atoms with E-state index < -0.39 is 17.6 Å². The lowest BCUT2D eigenvalue weighted by molar-refractivity contribution is -0.152. The molecule has 1 fully saturated rings. The third-order valence-electron chi connectivity index (χ3n) is 4.42. The van der Waals surface area contributed by atoms with Gasteiger partial charge in [0.15, 0.2) is 6.10 Å². The molecule has 1 saturated carbocycles. The van der Waals surface area contributed by atoms with Crippen LogP contribution in [0.15, 0.2) is 30.3 Å². The van der Waals surface area contributed by atoms with Gasteiger partial charge in [-0.3, -0.25) is 9.59 Å². The molecule has 0 aromatic heterocycles. The summed E-state index contributed by atoms with van der Waals surface area (Å²) in [4.78, 5) is 26.2. The van der Waals surface area contributed by atoms with Crippen molar-refractivity contribution in [2.24, 2.45) is 5.73 Å².